The standard InChI is InChI=1S/C24H12N8/c1-27-22(28-2)24-30-19-8-14-6-15-9-20-18(29-23(31(20)3)17(11-25)12-26)7-13(15)5-16(14)10-21(19)32(24)4/h5-10H,3-4H3. The molecule has 148 valence electrons. The Bertz CT molecular complexity index is 1760. The Morgan fingerprint density at radius 3 is 1.66 bits per heavy atom. The van der Waals surface area contributed by atoms with E-state index in [0.29, 0.717) is 22.0 Å². The van der Waals surface area contributed by atoms with Crippen LogP contribution in [0.5, 0.6) is 0 Å². The summed E-state index contributed by atoms with van der Waals surface area (Å²) < 4.78 is 3.51. The van der Waals surface area contributed by atoms with Gasteiger partial charge in [0.25, 0.3) is 0 Å². The van der Waals surface area contributed by atoms with Gasteiger partial charge in [0.15, 0.2) is 11.1 Å². The molecule has 3 aromatic carbocycles. The maximum Gasteiger partial charge on any atom is 0.562 e. The first-order valence-electron chi connectivity index (χ1n) is 9.49. The molecule has 5 rings (SSSR count). The summed E-state index contributed by atoms with van der Waals surface area (Å²) in [5.74, 6) is -0.0584. The highest BCUT2D eigenvalue weighted by Gasteiger charge is 2.14. The highest BCUT2D eigenvalue weighted by atomic mass is 15.1. The SMILES string of the molecule is [C-]#[N+]C([N+]#[C-])=c1nc2cc3cc4cc5c(cc4cc3cc2n1C)nc(=C(C#N)C#N)n5C. The first kappa shape index (κ1) is 18.8. The van der Waals surface area contributed by atoms with Gasteiger partial charge in [-0.1, -0.05) is 0 Å². The molecule has 2 aromatic heterocycles. The lowest BCUT2D eigenvalue weighted by atomic mass is 10.0. The van der Waals surface area contributed by atoms with Crippen LogP contribution in [-0.4, -0.2) is 19.1 Å². The summed E-state index contributed by atoms with van der Waals surface area (Å²) in [5, 5.41) is 22.4. The summed E-state index contributed by atoms with van der Waals surface area (Å²) in [6, 6.07) is 15.8. The molecular formula is C24H12N8. The Balaban J connectivity index is 1.86. The molecule has 0 aliphatic rings. The largest absolute Gasteiger partial charge is 0.562 e. The van der Waals surface area contributed by atoms with Crippen LogP contribution >= 0.6 is 0 Å². The fourth-order valence-electron chi connectivity index (χ4n) is 4.05. The van der Waals surface area contributed by atoms with E-state index in [-0.39, 0.29) is 11.4 Å². The van der Waals surface area contributed by atoms with Gasteiger partial charge >= 0.3 is 5.82 Å². The first-order valence-corrected chi connectivity index (χ1v) is 9.49. The average Bonchev–Trinajstić information content (AvgIpc) is 3.28. The van der Waals surface area contributed by atoms with Crippen molar-refractivity contribution in [3.63, 3.8) is 0 Å². The zero-order valence-electron chi connectivity index (χ0n) is 17.0. The van der Waals surface area contributed by atoms with E-state index in [1.807, 2.05) is 36.4 Å². The average molecular weight is 412 g/mol. The number of aromatic nitrogens is 4. The van der Waals surface area contributed by atoms with E-state index < -0.39 is 0 Å². The molecule has 0 atom stereocenters. The van der Waals surface area contributed by atoms with Gasteiger partial charge in [0.1, 0.15) is 25.3 Å². The van der Waals surface area contributed by atoms with E-state index in [0.717, 1.165) is 32.6 Å². The minimum Gasteiger partial charge on any atom is -0.330 e. The summed E-state index contributed by atoms with van der Waals surface area (Å²) in [7, 11) is 3.58. The van der Waals surface area contributed by atoms with Crippen molar-refractivity contribution in [2.24, 2.45) is 14.1 Å². The van der Waals surface area contributed by atoms with E-state index in [1.54, 1.807) is 23.2 Å². The van der Waals surface area contributed by atoms with Crippen LogP contribution in [0, 0.1) is 35.8 Å². The smallest absolute Gasteiger partial charge is 0.330 e. The number of nitriles is 2. The third-order valence-corrected chi connectivity index (χ3v) is 5.65. The molecule has 0 aliphatic heterocycles. The summed E-state index contributed by atoms with van der Waals surface area (Å²) in [6.45, 7) is 14.4. The van der Waals surface area contributed by atoms with Gasteiger partial charge in [0.05, 0.1) is 22.1 Å². The number of nitrogens with zero attached hydrogens (tertiary/aromatic N) is 8. The number of fused-ring (bicyclic) bond motifs is 4. The molecular weight excluding hydrogens is 400 g/mol. The second-order valence-corrected chi connectivity index (χ2v) is 7.36. The third-order valence-electron chi connectivity index (χ3n) is 5.65. The van der Waals surface area contributed by atoms with Crippen LogP contribution in [-0.2, 0) is 14.1 Å². The predicted octanol–water partition coefficient (Wildman–Crippen LogP) is 2.87. The van der Waals surface area contributed by atoms with E-state index in [2.05, 4.69) is 31.8 Å². The van der Waals surface area contributed by atoms with Gasteiger partial charge in [-0.15, -0.1) is 0 Å². The monoisotopic (exact) mass is 412 g/mol. The topological polar surface area (TPSA) is 91.9 Å². The number of hydrogen-bond acceptors (Lipinski definition) is 4. The molecule has 0 radical (unpaired) electrons. The summed E-state index contributed by atoms with van der Waals surface area (Å²) >= 11 is 0. The maximum atomic E-state index is 9.22. The minimum absolute atomic E-state index is 0.0268. The lowest BCUT2D eigenvalue weighted by molar-refractivity contribution is 0.896. The molecule has 8 heteroatoms. The zero-order chi connectivity index (χ0) is 22.6. The molecule has 0 unspecified atom stereocenters. The number of hydrogen-bond donors (Lipinski definition) is 0. The van der Waals surface area contributed by atoms with Crippen molar-refractivity contribution in [1.82, 2.24) is 19.1 Å². The van der Waals surface area contributed by atoms with Gasteiger partial charge in [-0.05, 0) is 57.9 Å². The molecule has 0 saturated heterocycles. The number of imidazole rings is 2. The molecule has 8 nitrogen and oxygen atoms in total. The number of aryl methyl sites for hydroxylation is 2. The van der Waals surface area contributed by atoms with Crippen molar-refractivity contribution < 1.29 is 0 Å². The van der Waals surface area contributed by atoms with E-state index in [9.17, 15) is 10.5 Å². The van der Waals surface area contributed by atoms with Crippen LogP contribution in [0.25, 0.3) is 64.7 Å². The van der Waals surface area contributed by atoms with Crippen LogP contribution in [0.1, 0.15) is 0 Å². The lowest BCUT2D eigenvalue weighted by Crippen LogP contribution is -2.17. The van der Waals surface area contributed by atoms with Crippen molar-refractivity contribution in [2.45, 2.75) is 0 Å². The van der Waals surface area contributed by atoms with Gasteiger partial charge in [-0.25, -0.2) is 9.97 Å². The van der Waals surface area contributed by atoms with Gasteiger partial charge in [-0.3, -0.25) is 0 Å². The molecule has 0 saturated carbocycles. The van der Waals surface area contributed by atoms with Crippen LogP contribution < -0.4 is 11.0 Å². The molecule has 0 fully saturated rings. The van der Waals surface area contributed by atoms with Crippen molar-refractivity contribution >= 4 is 55.0 Å². The van der Waals surface area contributed by atoms with Crippen molar-refractivity contribution in [1.29, 1.82) is 10.5 Å². The predicted molar refractivity (Wildman–Crippen MR) is 120 cm³/mol. The Labute approximate surface area is 181 Å². The Morgan fingerprint density at radius 2 is 1.19 bits per heavy atom. The second kappa shape index (κ2) is 6.67. The van der Waals surface area contributed by atoms with Gasteiger partial charge in [-0.2, -0.15) is 20.2 Å². The summed E-state index contributed by atoms with van der Waals surface area (Å²) in [4.78, 5) is 15.6. The van der Waals surface area contributed by atoms with Crippen LogP contribution in [0.4, 0.5) is 0 Å². The van der Waals surface area contributed by atoms with E-state index >= 15 is 0 Å². The van der Waals surface area contributed by atoms with Crippen molar-refractivity contribution in [3.8, 4) is 12.1 Å². The fourth-order valence-corrected chi connectivity index (χ4v) is 4.05. The van der Waals surface area contributed by atoms with Crippen LogP contribution in [0.15, 0.2) is 36.4 Å². The Morgan fingerprint density at radius 1 is 0.750 bits per heavy atom. The molecule has 0 amide bonds. The molecule has 5 aromatic rings. The van der Waals surface area contributed by atoms with Crippen molar-refractivity contribution in [3.05, 3.63) is 70.2 Å². The van der Waals surface area contributed by atoms with Crippen molar-refractivity contribution in [2.75, 3.05) is 0 Å². The van der Waals surface area contributed by atoms with Gasteiger partial charge in [0, 0.05) is 14.1 Å². The lowest BCUT2D eigenvalue weighted by Gasteiger charge is -2.05. The fraction of sp³-hybridized carbons (Fsp3) is 0.0833. The second-order valence-electron chi connectivity index (χ2n) is 7.36. The summed E-state index contributed by atoms with van der Waals surface area (Å²) in [5.41, 5.74) is 3.75. The van der Waals surface area contributed by atoms with E-state index in [1.165, 1.54) is 0 Å². The number of rotatable bonds is 0. The quantitative estimate of drug-likeness (QED) is 0.289. The first-order chi connectivity index (χ1) is 15.5. The molecule has 2 heterocycles. The summed E-state index contributed by atoms with van der Waals surface area (Å²) in [6.07, 6.45) is 0. The number of benzene rings is 3. The highest BCUT2D eigenvalue weighted by Crippen LogP contribution is 2.28. The Hall–Kier alpha value is -5.18. The normalized spacial score (nSPS) is 10.7. The third kappa shape index (κ3) is 2.52. The zero-order valence-corrected chi connectivity index (χ0v) is 17.0. The maximum absolute atomic E-state index is 9.22. The van der Waals surface area contributed by atoms with Crippen LogP contribution in [0.2, 0.25) is 0 Å². The highest BCUT2D eigenvalue weighted by molar-refractivity contribution is 6.06. The molecule has 0 spiro atoms. The van der Waals surface area contributed by atoms with Crippen LogP contribution in [0.3, 0.4) is 0 Å². The van der Waals surface area contributed by atoms with Gasteiger partial charge in [0.2, 0.25) is 5.48 Å². The molecule has 32 heavy (non-hydrogen) atoms. The van der Waals surface area contributed by atoms with Gasteiger partial charge < -0.3 is 9.13 Å². The van der Waals surface area contributed by atoms with E-state index in [4.69, 9.17) is 13.1 Å². The molecule has 0 bridgehead atoms. The molecule has 0 N–H and O–H groups in total. The molecule has 0 aliphatic carbocycles. The Kier molecular flexibility index (Phi) is 3.93. The minimum atomic E-state index is -0.0584.